The van der Waals surface area contributed by atoms with Gasteiger partial charge in [-0.3, -0.25) is 4.79 Å². The third-order valence-electron chi connectivity index (χ3n) is 3.06. The lowest BCUT2D eigenvalue weighted by Crippen LogP contribution is -2.38. The largest absolute Gasteiger partial charge is 0.481 e. The van der Waals surface area contributed by atoms with Crippen molar-refractivity contribution in [2.75, 3.05) is 6.61 Å². The molecule has 0 aromatic carbocycles. The van der Waals surface area contributed by atoms with Crippen LogP contribution in [0.4, 0.5) is 0 Å². The number of rotatable bonds is 4. The van der Waals surface area contributed by atoms with E-state index in [0.29, 0.717) is 0 Å². The zero-order valence-corrected chi connectivity index (χ0v) is 11.1. The Hall–Kier alpha value is -2.77. The number of carbonyl (C=O) groups is 2. The van der Waals surface area contributed by atoms with E-state index in [4.69, 9.17) is 14.9 Å². The second kappa shape index (κ2) is 5.70. The summed E-state index contributed by atoms with van der Waals surface area (Å²) in [4.78, 5) is 26.8. The molecule has 4 N–H and O–H groups in total. The van der Waals surface area contributed by atoms with Crippen molar-refractivity contribution < 1.29 is 29.0 Å². The number of furan rings is 1. The summed E-state index contributed by atoms with van der Waals surface area (Å²) in [5, 5.41) is 18.7. The maximum Gasteiger partial charge on any atom is 0.336 e. The smallest absolute Gasteiger partial charge is 0.336 e. The molecular weight excluding hydrogens is 280 g/mol. The third kappa shape index (κ3) is 2.60. The molecule has 0 spiro atoms. The van der Waals surface area contributed by atoms with Gasteiger partial charge in [0, 0.05) is 0 Å². The van der Waals surface area contributed by atoms with Crippen LogP contribution in [-0.2, 0) is 14.3 Å². The highest BCUT2D eigenvalue weighted by atomic mass is 16.5. The summed E-state index contributed by atoms with van der Waals surface area (Å²) in [6.07, 6.45) is 1.33. The number of hydrogen-bond donors (Lipinski definition) is 3. The van der Waals surface area contributed by atoms with E-state index < -0.39 is 23.8 Å². The van der Waals surface area contributed by atoms with Gasteiger partial charge in [-0.15, -0.1) is 0 Å². The Bertz CT molecular complexity index is 617. The van der Waals surface area contributed by atoms with Gasteiger partial charge in [0.05, 0.1) is 24.4 Å². The number of nitrogens with two attached hydrogens (primary N) is 1. The molecule has 8 nitrogen and oxygen atoms in total. The van der Waals surface area contributed by atoms with Crippen LogP contribution in [0, 0.1) is 5.92 Å². The Labute approximate surface area is 119 Å². The molecule has 2 atom stereocenters. The molecule has 2 unspecified atom stereocenters. The van der Waals surface area contributed by atoms with Crippen LogP contribution < -0.4 is 5.73 Å². The highest BCUT2D eigenvalue weighted by Crippen LogP contribution is 2.38. The maximum absolute atomic E-state index is 11.6. The van der Waals surface area contributed by atoms with E-state index in [2.05, 4.69) is 4.99 Å². The van der Waals surface area contributed by atoms with Crippen molar-refractivity contribution in [3.63, 3.8) is 0 Å². The fourth-order valence-electron chi connectivity index (χ4n) is 2.25. The van der Waals surface area contributed by atoms with E-state index in [9.17, 15) is 19.8 Å². The Morgan fingerprint density at radius 3 is 2.67 bits per heavy atom. The Kier molecular flexibility index (Phi) is 3.97. The highest BCUT2D eigenvalue weighted by Gasteiger charge is 2.45. The number of hydrogen-bond acceptors (Lipinski definition) is 6. The number of ether oxygens (including phenoxy) is 1. The second-order valence-electron chi connectivity index (χ2n) is 4.30. The number of carboxylic acids is 2. The first-order valence-electron chi connectivity index (χ1n) is 6.17. The molecule has 0 bridgehead atoms. The van der Waals surface area contributed by atoms with Crippen LogP contribution in [0.15, 0.2) is 39.2 Å². The fourth-order valence-corrected chi connectivity index (χ4v) is 2.25. The summed E-state index contributed by atoms with van der Waals surface area (Å²) in [7, 11) is 0. The van der Waals surface area contributed by atoms with Gasteiger partial charge in [-0.25, -0.2) is 4.79 Å². The molecule has 0 amide bonds. The molecule has 0 fully saturated rings. The Balaban J connectivity index is 2.62. The van der Waals surface area contributed by atoms with Gasteiger partial charge in [0.25, 0.3) is 0 Å². The van der Waals surface area contributed by atoms with Gasteiger partial charge in [-0.05, 0) is 19.1 Å². The molecule has 0 radical (unpaired) electrons. The lowest BCUT2D eigenvalue weighted by Gasteiger charge is -2.28. The minimum atomic E-state index is -1.35. The summed E-state index contributed by atoms with van der Waals surface area (Å²) in [6.45, 7) is 1.85. The van der Waals surface area contributed by atoms with Gasteiger partial charge < -0.3 is 25.1 Å². The van der Waals surface area contributed by atoms with Crippen molar-refractivity contribution in [1.29, 1.82) is 0 Å². The fraction of sp³-hybridized carbons (Fsp3) is 0.308. The van der Waals surface area contributed by atoms with Gasteiger partial charge >= 0.3 is 11.9 Å². The molecule has 112 valence electrons. The number of carboxylic acid groups (broad SMARTS) is 2. The van der Waals surface area contributed by atoms with Crippen molar-refractivity contribution >= 4 is 17.8 Å². The summed E-state index contributed by atoms with van der Waals surface area (Å²) < 4.78 is 10.4. The first kappa shape index (κ1) is 14.6. The summed E-state index contributed by atoms with van der Waals surface area (Å²) in [6, 6.07) is 3.03. The van der Waals surface area contributed by atoms with Crippen molar-refractivity contribution in [3.05, 3.63) is 35.6 Å². The van der Waals surface area contributed by atoms with Crippen molar-refractivity contribution in [2.45, 2.75) is 12.8 Å². The van der Waals surface area contributed by atoms with Crippen LogP contribution in [0.1, 0.15) is 18.6 Å². The molecule has 1 aliphatic heterocycles. The Morgan fingerprint density at radius 2 is 2.19 bits per heavy atom. The van der Waals surface area contributed by atoms with Crippen LogP contribution in [0.25, 0.3) is 0 Å². The molecule has 21 heavy (non-hydrogen) atoms. The summed E-state index contributed by atoms with van der Waals surface area (Å²) in [5.41, 5.74) is 5.34. The standard InChI is InChI=1S/C13H14N2O6/c1-2-20-11-9(13(18)19)7(6-4-3-5-21-6)8(12(16)17)10(14)15-11/h3-5,7,9H,2,14H2,1H3,(H,16,17)(H,18,19). The van der Waals surface area contributed by atoms with Gasteiger partial charge in [0.15, 0.2) is 0 Å². The van der Waals surface area contributed by atoms with Crippen molar-refractivity contribution in [3.8, 4) is 0 Å². The molecule has 0 saturated heterocycles. The average Bonchev–Trinajstić information content (AvgIpc) is 2.90. The van der Waals surface area contributed by atoms with Crippen LogP contribution in [0.3, 0.4) is 0 Å². The molecule has 8 heteroatoms. The zero-order chi connectivity index (χ0) is 15.6. The number of aliphatic imine (C=N–C) groups is 1. The summed E-state index contributed by atoms with van der Waals surface area (Å²) in [5.74, 6) is -5.27. The predicted octanol–water partition coefficient (Wildman–Crippen LogP) is 0.768. The van der Waals surface area contributed by atoms with E-state index in [1.54, 1.807) is 6.92 Å². The Morgan fingerprint density at radius 1 is 1.48 bits per heavy atom. The highest BCUT2D eigenvalue weighted by molar-refractivity contribution is 6.03. The molecule has 2 heterocycles. The molecule has 1 aliphatic rings. The van der Waals surface area contributed by atoms with E-state index >= 15 is 0 Å². The third-order valence-corrected chi connectivity index (χ3v) is 3.06. The zero-order valence-electron chi connectivity index (χ0n) is 11.1. The number of aliphatic carboxylic acids is 2. The SMILES string of the molecule is CCOC1=NC(N)=C(C(=O)O)C(c2ccco2)C1C(=O)O. The average molecular weight is 294 g/mol. The maximum atomic E-state index is 11.6. The van der Waals surface area contributed by atoms with Gasteiger partial charge in [-0.2, -0.15) is 4.99 Å². The molecule has 0 saturated carbocycles. The quantitative estimate of drug-likeness (QED) is 0.746. The first-order chi connectivity index (χ1) is 9.97. The predicted molar refractivity (Wildman–Crippen MR) is 70.5 cm³/mol. The van der Waals surface area contributed by atoms with Gasteiger partial charge in [0.2, 0.25) is 5.90 Å². The lowest BCUT2D eigenvalue weighted by molar-refractivity contribution is -0.140. The topological polar surface area (TPSA) is 135 Å². The molecule has 1 aromatic rings. The van der Waals surface area contributed by atoms with E-state index in [-0.39, 0.29) is 29.7 Å². The van der Waals surface area contributed by atoms with Crippen LogP contribution in [-0.4, -0.2) is 34.7 Å². The molecule has 1 aromatic heterocycles. The van der Waals surface area contributed by atoms with Gasteiger partial charge in [0.1, 0.15) is 17.5 Å². The van der Waals surface area contributed by atoms with Crippen LogP contribution in [0.2, 0.25) is 0 Å². The van der Waals surface area contributed by atoms with E-state index in [1.165, 1.54) is 18.4 Å². The molecular formula is C13H14N2O6. The van der Waals surface area contributed by atoms with Crippen LogP contribution >= 0.6 is 0 Å². The second-order valence-corrected chi connectivity index (χ2v) is 4.30. The first-order valence-corrected chi connectivity index (χ1v) is 6.17. The molecule has 0 aliphatic carbocycles. The lowest BCUT2D eigenvalue weighted by atomic mass is 9.81. The van der Waals surface area contributed by atoms with Crippen LogP contribution in [0.5, 0.6) is 0 Å². The monoisotopic (exact) mass is 294 g/mol. The minimum Gasteiger partial charge on any atom is -0.481 e. The minimum absolute atomic E-state index is 0.131. The van der Waals surface area contributed by atoms with Crippen molar-refractivity contribution in [2.24, 2.45) is 16.6 Å². The van der Waals surface area contributed by atoms with Gasteiger partial charge in [-0.1, -0.05) is 0 Å². The molecule has 2 rings (SSSR count). The van der Waals surface area contributed by atoms with E-state index in [0.717, 1.165) is 0 Å². The van der Waals surface area contributed by atoms with Crippen molar-refractivity contribution in [1.82, 2.24) is 0 Å². The number of nitrogens with zero attached hydrogens (tertiary/aromatic N) is 1. The van der Waals surface area contributed by atoms with E-state index in [1.807, 2.05) is 0 Å². The summed E-state index contributed by atoms with van der Waals surface area (Å²) >= 11 is 0. The normalized spacial score (nSPS) is 21.9.